The minimum Gasteiger partial charge on any atom is -0.329 e. The van der Waals surface area contributed by atoms with Crippen molar-refractivity contribution in [2.45, 2.75) is 12.3 Å². The van der Waals surface area contributed by atoms with Crippen molar-refractivity contribution in [1.29, 1.82) is 0 Å². The van der Waals surface area contributed by atoms with E-state index in [0.29, 0.717) is 0 Å². The van der Waals surface area contributed by atoms with Gasteiger partial charge in [-0.25, -0.2) is 8.78 Å². The largest absolute Gasteiger partial charge is 0.329 e. The molecule has 0 aliphatic heterocycles. The molecule has 0 aliphatic rings. The topological polar surface area (TPSA) is 32.9 Å². The predicted octanol–water partition coefficient (Wildman–Crippen LogP) is 2.05. The van der Waals surface area contributed by atoms with Gasteiger partial charge in [0, 0.05) is 23.7 Å². The number of aromatic amines is 1. The van der Waals surface area contributed by atoms with Crippen molar-refractivity contribution >= 4 is 11.6 Å². The summed E-state index contributed by atoms with van der Waals surface area (Å²) < 4.78 is 24.4. The van der Waals surface area contributed by atoms with Gasteiger partial charge in [-0.05, 0) is 5.56 Å². The van der Waals surface area contributed by atoms with E-state index >= 15 is 0 Å². The van der Waals surface area contributed by atoms with Gasteiger partial charge in [0.05, 0.1) is 0 Å². The number of halogens is 3. The number of hydrogen-bond acceptors (Lipinski definition) is 1. The van der Waals surface area contributed by atoms with E-state index in [2.05, 4.69) is 4.98 Å². The number of aromatic nitrogens is 1. The van der Waals surface area contributed by atoms with E-state index in [-0.39, 0.29) is 17.0 Å². The van der Waals surface area contributed by atoms with E-state index in [4.69, 9.17) is 11.6 Å². The van der Waals surface area contributed by atoms with Crippen LogP contribution in [0.25, 0.3) is 0 Å². The molecule has 0 unspecified atom stereocenters. The quantitative estimate of drug-likeness (QED) is 0.717. The first-order valence-corrected chi connectivity index (χ1v) is 3.74. The lowest BCUT2D eigenvalue weighted by molar-refractivity contribution is 0.150. The molecule has 1 aromatic rings. The standard InChI is InChI=1S/C7H6ClF2NO/c8-2-4-3-11-6(12)1-5(4)7(9)10/h1,3,7H,2H2,(H,11,12). The smallest absolute Gasteiger partial charge is 0.264 e. The van der Waals surface area contributed by atoms with Crippen LogP contribution >= 0.6 is 11.6 Å². The number of H-pyrrole nitrogens is 1. The summed E-state index contributed by atoms with van der Waals surface area (Å²) in [5.74, 6) is -0.0313. The zero-order valence-electron chi connectivity index (χ0n) is 5.98. The van der Waals surface area contributed by atoms with Crippen LogP contribution in [0.2, 0.25) is 0 Å². The first kappa shape index (κ1) is 9.19. The normalized spacial score (nSPS) is 10.7. The van der Waals surface area contributed by atoms with Gasteiger partial charge < -0.3 is 4.98 Å². The highest BCUT2D eigenvalue weighted by Crippen LogP contribution is 2.21. The van der Waals surface area contributed by atoms with Crippen LogP contribution in [0.15, 0.2) is 17.1 Å². The summed E-state index contributed by atoms with van der Waals surface area (Å²) in [4.78, 5) is 12.9. The van der Waals surface area contributed by atoms with Gasteiger partial charge in [0.1, 0.15) is 0 Å². The zero-order chi connectivity index (χ0) is 9.14. The molecule has 1 heterocycles. The second-order valence-electron chi connectivity index (χ2n) is 2.21. The molecule has 0 atom stereocenters. The minimum absolute atomic E-state index is 0.0313. The Morgan fingerprint density at radius 1 is 1.58 bits per heavy atom. The lowest BCUT2D eigenvalue weighted by Gasteiger charge is -2.03. The van der Waals surface area contributed by atoms with E-state index in [1.54, 1.807) is 0 Å². The molecule has 12 heavy (non-hydrogen) atoms. The molecular formula is C7H6ClF2NO. The van der Waals surface area contributed by atoms with Crippen LogP contribution in [0, 0.1) is 0 Å². The summed E-state index contributed by atoms with van der Waals surface area (Å²) in [7, 11) is 0. The van der Waals surface area contributed by atoms with Crippen LogP contribution in [-0.4, -0.2) is 4.98 Å². The van der Waals surface area contributed by atoms with Gasteiger partial charge in [0.2, 0.25) is 5.56 Å². The van der Waals surface area contributed by atoms with E-state index < -0.39 is 12.0 Å². The number of alkyl halides is 3. The molecule has 0 aliphatic carbocycles. The van der Waals surface area contributed by atoms with Gasteiger partial charge in [0.15, 0.2) is 0 Å². The molecule has 0 fully saturated rings. The van der Waals surface area contributed by atoms with E-state index in [1.807, 2.05) is 0 Å². The summed E-state index contributed by atoms with van der Waals surface area (Å²) in [5, 5.41) is 0. The average Bonchev–Trinajstić information content (AvgIpc) is 2.04. The zero-order valence-corrected chi connectivity index (χ0v) is 6.74. The SMILES string of the molecule is O=c1cc(C(F)F)c(CCl)c[nH]1. The summed E-state index contributed by atoms with van der Waals surface area (Å²) in [5.41, 5.74) is -0.584. The van der Waals surface area contributed by atoms with Crippen LogP contribution in [0.1, 0.15) is 17.6 Å². The van der Waals surface area contributed by atoms with Gasteiger partial charge in [-0.15, -0.1) is 11.6 Å². The Labute approximate surface area is 72.2 Å². The first-order chi connectivity index (χ1) is 5.65. The van der Waals surface area contributed by atoms with Crippen molar-refractivity contribution in [3.63, 3.8) is 0 Å². The molecule has 0 bridgehead atoms. The summed E-state index contributed by atoms with van der Waals surface area (Å²) in [6.07, 6.45) is -1.45. The van der Waals surface area contributed by atoms with Crippen LogP contribution in [0.5, 0.6) is 0 Å². The molecule has 0 saturated carbocycles. The van der Waals surface area contributed by atoms with Crippen LogP contribution in [-0.2, 0) is 5.88 Å². The molecular weight excluding hydrogens is 188 g/mol. The van der Waals surface area contributed by atoms with Crippen molar-refractivity contribution < 1.29 is 8.78 Å². The molecule has 0 aromatic carbocycles. The van der Waals surface area contributed by atoms with E-state index in [0.717, 1.165) is 6.07 Å². The maximum absolute atomic E-state index is 12.2. The maximum Gasteiger partial charge on any atom is 0.264 e. The molecule has 66 valence electrons. The Kier molecular flexibility index (Phi) is 2.81. The van der Waals surface area contributed by atoms with Gasteiger partial charge in [-0.1, -0.05) is 0 Å². The highest BCUT2D eigenvalue weighted by Gasteiger charge is 2.12. The van der Waals surface area contributed by atoms with E-state index in [1.165, 1.54) is 6.20 Å². The van der Waals surface area contributed by atoms with Crippen molar-refractivity contribution in [2.75, 3.05) is 0 Å². The van der Waals surface area contributed by atoms with Crippen molar-refractivity contribution in [1.82, 2.24) is 4.98 Å². The fourth-order valence-corrected chi connectivity index (χ4v) is 1.07. The fourth-order valence-electron chi connectivity index (χ4n) is 0.836. The first-order valence-electron chi connectivity index (χ1n) is 3.20. The van der Waals surface area contributed by atoms with Gasteiger partial charge in [-0.2, -0.15) is 0 Å². The van der Waals surface area contributed by atoms with Crippen LogP contribution in [0.3, 0.4) is 0 Å². The fraction of sp³-hybridized carbons (Fsp3) is 0.286. The minimum atomic E-state index is -2.65. The molecule has 2 nitrogen and oxygen atoms in total. The molecule has 0 amide bonds. The Bertz CT molecular complexity index is 323. The summed E-state index contributed by atoms with van der Waals surface area (Å²) >= 11 is 5.37. The number of pyridine rings is 1. The third kappa shape index (κ3) is 1.82. The molecule has 0 radical (unpaired) electrons. The monoisotopic (exact) mass is 193 g/mol. The average molecular weight is 194 g/mol. The second kappa shape index (κ2) is 3.67. The van der Waals surface area contributed by atoms with Crippen molar-refractivity contribution in [3.05, 3.63) is 33.7 Å². The summed E-state index contributed by atoms with van der Waals surface area (Å²) in [6.45, 7) is 0. The van der Waals surface area contributed by atoms with Crippen LogP contribution < -0.4 is 5.56 Å². The molecule has 0 saturated heterocycles. The van der Waals surface area contributed by atoms with Gasteiger partial charge in [-0.3, -0.25) is 4.79 Å². The van der Waals surface area contributed by atoms with Crippen molar-refractivity contribution in [3.8, 4) is 0 Å². The lowest BCUT2D eigenvalue weighted by atomic mass is 10.2. The number of rotatable bonds is 2. The molecule has 5 heteroatoms. The number of nitrogens with one attached hydrogen (secondary N) is 1. The third-order valence-electron chi connectivity index (χ3n) is 1.43. The third-order valence-corrected chi connectivity index (χ3v) is 1.71. The van der Waals surface area contributed by atoms with Crippen LogP contribution in [0.4, 0.5) is 8.78 Å². The van der Waals surface area contributed by atoms with Gasteiger partial charge in [0.25, 0.3) is 6.43 Å². The lowest BCUT2D eigenvalue weighted by Crippen LogP contribution is -2.07. The molecule has 0 spiro atoms. The van der Waals surface area contributed by atoms with Gasteiger partial charge >= 0.3 is 0 Å². The predicted molar refractivity (Wildman–Crippen MR) is 41.6 cm³/mol. The Hall–Kier alpha value is -0.900. The number of hydrogen-bond donors (Lipinski definition) is 1. The molecule has 1 N–H and O–H groups in total. The highest BCUT2D eigenvalue weighted by molar-refractivity contribution is 6.17. The molecule has 1 rings (SSSR count). The van der Waals surface area contributed by atoms with E-state index in [9.17, 15) is 13.6 Å². The van der Waals surface area contributed by atoms with Crippen molar-refractivity contribution in [2.24, 2.45) is 0 Å². The summed E-state index contributed by atoms with van der Waals surface area (Å²) in [6, 6.07) is 0.863. The second-order valence-corrected chi connectivity index (χ2v) is 2.48. The Morgan fingerprint density at radius 2 is 2.25 bits per heavy atom. The Morgan fingerprint density at radius 3 is 2.75 bits per heavy atom. The highest BCUT2D eigenvalue weighted by atomic mass is 35.5. The Balaban J connectivity index is 3.21. The maximum atomic E-state index is 12.2. The molecule has 1 aromatic heterocycles.